The molecule has 3 N–H and O–H groups in total. The van der Waals surface area contributed by atoms with E-state index in [2.05, 4.69) is 6.58 Å². The lowest BCUT2D eigenvalue weighted by Crippen LogP contribution is -2.27. The molecular formula is C6H9NO3. The average molecular weight is 143 g/mol. The fourth-order valence-corrected chi connectivity index (χ4v) is 0.497. The van der Waals surface area contributed by atoms with Gasteiger partial charge in [0.15, 0.2) is 5.78 Å². The minimum absolute atomic E-state index is 0.261. The Morgan fingerprint density at radius 3 is 2.30 bits per heavy atom. The van der Waals surface area contributed by atoms with Crippen LogP contribution >= 0.6 is 0 Å². The van der Waals surface area contributed by atoms with Gasteiger partial charge in [-0.15, -0.1) is 6.58 Å². The Bertz CT molecular complexity index is 164. The Hall–Kier alpha value is -1.16. The van der Waals surface area contributed by atoms with Crippen LogP contribution in [-0.4, -0.2) is 23.4 Å². The molecule has 0 saturated heterocycles. The number of carbonyl (C=O) groups excluding carboxylic acids is 1. The predicted octanol–water partition coefficient (Wildman–Crippen LogP) is -0.599. The second-order valence-corrected chi connectivity index (χ2v) is 1.72. The third kappa shape index (κ3) is 1.99. The average Bonchev–Trinajstić information content (AvgIpc) is 1.88. The first-order chi connectivity index (χ1) is 4.63. The van der Waals surface area contributed by atoms with Crippen molar-refractivity contribution in [3.8, 4) is 0 Å². The minimum atomic E-state index is -1.20. The number of Topliss-reactive ketones (excluding diaryl/α,β-unsaturated/α-hetero) is 1. The van der Waals surface area contributed by atoms with Crippen molar-refractivity contribution in [2.24, 2.45) is 11.7 Å². The molecule has 0 aliphatic rings. The van der Waals surface area contributed by atoms with Crippen LogP contribution in [0.3, 0.4) is 0 Å². The number of hydrogen-bond acceptors (Lipinski definition) is 3. The van der Waals surface area contributed by atoms with Crippen LogP contribution in [0.4, 0.5) is 0 Å². The molecular weight excluding hydrogens is 134 g/mol. The molecule has 56 valence electrons. The van der Waals surface area contributed by atoms with Gasteiger partial charge in [-0.2, -0.15) is 0 Å². The van der Waals surface area contributed by atoms with Crippen molar-refractivity contribution >= 4 is 11.8 Å². The summed E-state index contributed by atoms with van der Waals surface area (Å²) in [5, 5.41) is 8.33. The van der Waals surface area contributed by atoms with Crippen LogP contribution in [0.2, 0.25) is 0 Å². The van der Waals surface area contributed by atoms with E-state index in [1.165, 1.54) is 0 Å². The van der Waals surface area contributed by atoms with Gasteiger partial charge in [-0.25, -0.2) is 0 Å². The highest BCUT2D eigenvalue weighted by atomic mass is 16.4. The van der Waals surface area contributed by atoms with Gasteiger partial charge >= 0.3 is 5.97 Å². The van der Waals surface area contributed by atoms with Gasteiger partial charge in [0.2, 0.25) is 0 Å². The Morgan fingerprint density at radius 2 is 2.20 bits per heavy atom. The fraction of sp³-hybridized carbons (Fsp3) is 0.333. The fourth-order valence-electron chi connectivity index (χ4n) is 0.497. The van der Waals surface area contributed by atoms with Crippen LogP contribution in [0.1, 0.15) is 0 Å². The van der Waals surface area contributed by atoms with Gasteiger partial charge < -0.3 is 10.8 Å². The molecule has 0 rings (SSSR count). The maximum absolute atomic E-state index is 10.6. The zero-order chi connectivity index (χ0) is 8.15. The van der Waals surface area contributed by atoms with Crippen molar-refractivity contribution in [1.29, 1.82) is 0 Å². The van der Waals surface area contributed by atoms with Gasteiger partial charge in [-0.1, -0.05) is 6.08 Å². The summed E-state index contributed by atoms with van der Waals surface area (Å²) in [4.78, 5) is 20.8. The van der Waals surface area contributed by atoms with Crippen LogP contribution in [-0.2, 0) is 9.59 Å². The van der Waals surface area contributed by atoms with E-state index in [1.54, 1.807) is 0 Å². The lowest BCUT2D eigenvalue weighted by atomic mass is 10.1. The Labute approximate surface area is 58.3 Å². The van der Waals surface area contributed by atoms with Crippen molar-refractivity contribution in [1.82, 2.24) is 0 Å². The number of aliphatic carboxylic acids is 1. The SMILES string of the molecule is C=CC(C(=O)O)C(=O)CN. The summed E-state index contributed by atoms with van der Waals surface area (Å²) in [6.45, 7) is 2.93. The number of rotatable bonds is 4. The smallest absolute Gasteiger partial charge is 0.317 e. The second-order valence-electron chi connectivity index (χ2n) is 1.72. The Balaban J connectivity index is 4.20. The summed E-state index contributed by atoms with van der Waals surface area (Å²) < 4.78 is 0. The van der Waals surface area contributed by atoms with Gasteiger partial charge in [-0.3, -0.25) is 9.59 Å². The molecule has 0 saturated carbocycles. The van der Waals surface area contributed by atoms with Crippen LogP contribution in [0.15, 0.2) is 12.7 Å². The number of carboxylic acid groups (broad SMARTS) is 1. The van der Waals surface area contributed by atoms with Gasteiger partial charge in [0.25, 0.3) is 0 Å². The summed E-state index contributed by atoms with van der Waals surface area (Å²) in [5.41, 5.74) is 4.93. The highest BCUT2D eigenvalue weighted by Gasteiger charge is 2.20. The second kappa shape index (κ2) is 3.79. The third-order valence-electron chi connectivity index (χ3n) is 1.05. The van der Waals surface area contributed by atoms with Crippen molar-refractivity contribution in [2.45, 2.75) is 0 Å². The molecule has 1 atom stereocenters. The molecule has 0 heterocycles. The predicted molar refractivity (Wildman–Crippen MR) is 35.4 cm³/mol. The van der Waals surface area contributed by atoms with E-state index in [0.717, 1.165) is 6.08 Å². The first kappa shape index (κ1) is 8.84. The van der Waals surface area contributed by atoms with Crippen molar-refractivity contribution in [3.05, 3.63) is 12.7 Å². The van der Waals surface area contributed by atoms with Crippen LogP contribution in [0.5, 0.6) is 0 Å². The first-order valence-corrected chi connectivity index (χ1v) is 2.71. The van der Waals surface area contributed by atoms with Gasteiger partial charge in [0.1, 0.15) is 5.92 Å². The van der Waals surface area contributed by atoms with E-state index in [-0.39, 0.29) is 6.54 Å². The zero-order valence-electron chi connectivity index (χ0n) is 5.41. The van der Waals surface area contributed by atoms with Gasteiger partial charge in [0, 0.05) is 0 Å². The highest BCUT2D eigenvalue weighted by molar-refractivity contribution is 6.00. The topological polar surface area (TPSA) is 80.4 Å². The molecule has 0 radical (unpaired) electrons. The number of carbonyl (C=O) groups is 2. The molecule has 0 bridgehead atoms. The van der Waals surface area contributed by atoms with Crippen LogP contribution in [0.25, 0.3) is 0 Å². The highest BCUT2D eigenvalue weighted by Crippen LogP contribution is 1.97. The third-order valence-corrected chi connectivity index (χ3v) is 1.05. The number of carboxylic acids is 1. The standard InChI is InChI=1S/C6H9NO3/c1-2-4(6(9)10)5(8)3-7/h2,4H,1,3,7H2,(H,9,10). The summed E-state index contributed by atoms with van der Waals surface area (Å²) in [5.74, 6) is -2.88. The molecule has 1 unspecified atom stereocenters. The molecule has 0 aromatic carbocycles. The first-order valence-electron chi connectivity index (χ1n) is 2.71. The van der Waals surface area contributed by atoms with Gasteiger partial charge in [-0.05, 0) is 0 Å². The van der Waals surface area contributed by atoms with E-state index in [9.17, 15) is 9.59 Å². The van der Waals surface area contributed by atoms with Crippen LogP contribution < -0.4 is 5.73 Å². The Morgan fingerprint density at radius 1 is 1.70 bits per heavy atom. The maximum atomic E-state index is 10.6. The Kier molecular flexibility index (Phi) is 3.35. The summed E-state index contributed by atoms with van der Waals surface area (Å²) >= 11 is 0. The molecule has 0 aromatic rings. The lowest BCUT2D eigenvalue weighted by molar-refractivity contribution is -0.143. The molecule has 0 aliphatic heterocycles. The largest absolute Gasteiger partial charge is 0.480 e. The number of hydrogen-bond donors (Lipinski definition) is 2. The zero-order valence-corrected chi connectivity index (χ0v) is 5.41. The lowest BCUT2D eigenvalue weighted by Gasteiger charge is -2.01. The van der Waals surface area contributed by atoms with Crippen molar-refractivity contribution in [3.63, 3.8) is 0 Å². The molecule has 0 spiro atoms. The summed E-state index contributed by atoms with van der Waals surface area (Å²) in [6.07, 6.45) is 1.07. The normalized spacial score (nSPS) is 12.1. The van der Waals surface area contributed by atoms with E-state index >= 15 is 0 Å². The van der Waals surface area contributed by atoms with Crippen LogP contribution in [0, 0.1) is 5.92 Å². The van der Waals surface area contributed by atoms with Crippen molar-refractivity contribution < 1.29 is 14.7 Å². The number of nitrogens with two attached hydrogens (primary N) is 1. The van der Waals surface area contributed by atoms with Gasteiger partial charge in [0.05, 0.1) is 6.54 Å². The number of ketones is 1. The van der Waals surface area contributed by atoms with E-state index in [1.807, 2.05) is 0 Å². The maximum Gasteiger partial charge on any atom is 0.317 e. The summed E-state index contributed by atoms with van der Waals surface area (Å²) in [7, 11) is 0. The molecule has 0 fully saturated rings. The van der Waals surface area contributed by atoms with E-state index < -0.39 is 17.7 Å². The minimum Gasteiger partial charge on any atom is -0.480 e. The molecule has 4 nitrogen and oxygen atoms in total. The molecule has 0 aromatic heterocycles. The van der Waals surface area contributed by atoms with E-state index in [0.29, 0.717) is 0 Å². The van der Waals surface area contributed by atoms with Crippen molar-refractivity contribution in [2.75, 3.05) is 6.54 Å². The molecule has 10 heavy (non-hydrogen) atoms. The molecule has 0 aliphatic carbocycles. The molecule has 0 amide bonds. The quantitative estimate of drug-likeness (QED) is 0.407. The monoisotopic (exact) mass is 143 g/mol. The van der Waals surface area contributed by atoms with E-state index in [4.69, 9.17) is 10.8 Å². The molecule has 4 heteroatoms. The summed E-state index contributed by atoms with van der Waals surface area (Å²) in [6, 6.07) is 0.